The summed E-state index contributed by atoms with van der Waals surface area (Å²) < 4.78 is 5.98. The summed E-state index contributed by atoms with van der Waals surface area (Å²) in [5.41, 5.74) is 1.46. The van der Waals surface area contributed by atoms with Crippen molar-refractivity contribution in [2.24, 2.45) is 5.92 Å². The van der Waals surface area contributed by atoms with E-state index in [4.69, 9.17) is 4.74 Å². The van der Waals surface area contributed by atoms with Crippen LogP contribution in [-0.2, 0) is 11.2 Å². The molecule has 2 atom stereocenters. The Hall–Kier alpha value is -0.860. The zero-order chi connectivity index (χ0) is 14.2. The highest BCUT2D eigenvalue weighted by atomic mass is 16.5. The van der Waals surface area contributed by atoms with Gasteiger partial charge in [-0.05, 0) is 44.6 Å². The van der Waals surface area contributed by atoms with Crippen molar-refractivity contribution in [3.8, 4) is 0 Å². The first-order chi connectivity index (χ1) is 9.83. The van der Waals surface area contributed by atoms with E-state index >= 15 is 0 Å². The maximum Gasteiger partial charge on any atom is 0.0774 e. The van der Waals surface area contributed by atoms with E-state index in [1.54, 1.807) is 4.90 Å². The Morgan fingerprint density at radius 2 is 1.95 bits per heavy atom. The fraction of sp³-hybridized carbons (Fsp3) is 0.667. The molecule has 0 unspecified atom stereocenters. The van der Waals surface area contributed by atoms with Gasteiger partial charge in [0.05, 0.1) is 25.7 Å². The third-order valence-electron chi connectivity index (χ3n) is 4.70. The number of hydrogen-bond donors (Lipinski definition) is 1. The van der Waals surface area contributed by atoms with E-state index in [1.165, 1.54) is 50.9 Å². The standard InChI is InChI=1S/C18H29NO/c1-3-19(4-2)13-12-17(18-11-8-14-20-18)15-16-9-6-5-7-10-16/h5-7,9-10,17-18H,3-4,8,11-15H2,1-2H3/p+1/t17-,18-/m0/s1. The second kappa shape index (κ2) is 8.43. The molecule has 1 aliphatic rings. The molecule has 1 fully saturated rings. The molecule has 112 valence electrons. The van der Waals surface area contributed by atoms with Crippen LogP contribution in [0.5, 0.6) is 0 Å². The number of hydrogen-bond acceptors (Lipinski definition) is 1. The topological polar surface area (TPSA) is 13.7 Å². The molecule has 0 amide bonds. The van der Waals surface area contributed by atoms with E-state index in [2.05, 4.69) is 44.2 Å². The van der Waals surface area contributed by atoms with Gasteiger partial charge in [-0.15, -0.1) is 0 Å². The summed E-state index contributed by atoms with van der Waals surface area (Å²) in [7, 11) is 0. The van der Waals surface area contributed by atoms with Gasteiger partial charge in [-0.25, -0.2) is 0 Å². The van der Waals surface area contributed by atoms with Gasteiger partial charge >= 0.3 is 0 Å². The Morgan fingerprint density at radius 1 is 1.20 bits per heavy atom. The Kier molecular flexibility index (Phi) is 6.55. The number of nitrogens with one attached hydrogen (secondary N) is 1. The van der Waals surface area contributed by atoms with Gasteiger partial charge < -0.3 is 9.64 Å². The summed E-state index contributed by atoms with van der Waals surface area (Å²) >= 11 is 0. The molecule has 1 N–H and O–H groups in total. The predicted octanol–water partition coefficient (Wildman–Crippen LogP) is 2.34. The van der Waals surface area contributed by atoms with Gasteiger partial charge in [-0.1, -0.05) is 30.3 Å². The molecule has 2 rings (SSSR count). The van der Waals surface area contributed by atoms with E-state index < -0.39 is 0 Å². The minimum Gasteiger partial charge on any atom is -0.378 e. The number of ether oxygens (including phenoxy) is 1. The average molecular weight is 276 g/mol. The third kappa shape index (κ3) is 4.60. The van der Waals surface area contributed by atoms with Crippen molar-refractivity contribution in [1.29, 1.82) is 0 Å². The van der Waals surface area contributed by atoms with E-state index in [9.17, 15) is 0 Å². The van der Waals surface area contributed by atoms with Crippen molar-refractivity contribution in [2.45, 2.75) is 45.6 Å². The lowest BCUT2D eigenvalue weighted by Gasteiger charge is -2.25. The maximum absolute atomic E-state index is 5.98. The van der Waals surface area contributed by atoms with Crippen molar-refractivity contribution in [3.05, 3.63) is 35.9 Å². The van der Waals surface area contributed by atoms with Crippen LogP contribution in [-0.4, -0.2) is 32.3 Å². The summed E-state index contributed by atoms with van der Waals surface area (Å²) in [6, 6.07) is 10.9. The highest BCUT2D eigenvalue weighted by Crippen LogP contribution is 2.25. The van der Waals surface area contributed by atoms with Gasteiger partial charge in [0.25, 0.3) is 0 Å². The van der Waals surface area contributed by atoms with Crippen LogP contribution in [0.3, 0.4) is 0 Å². The summed E-state index contributed by atoms with van der Waals surface area (Å²) in [6.45, 7) is 9.30. The summed E-state index contributed by atoms with van der Waals surface area (Å²) in [5.74, 6) is 0.688. The molecule has 0 radical (unpaired) electrons. The largest absolute Gasteiger partial charge is 0.378 e. The van der Waals surface area contributed by atoms with Crippen LogP contribution in [0, 0.1) is 5.92 Å². The van der Waals surface area contributed by atoms with Gasteiger partial charge in [0.2, 0.25) is 0 Å². The first-order valence-corrected chi connectivity index (χ1v) is 8.32. The molecule has 20 heavy (non-hydrogen) atoms. The van der Waals surface area contributed by atoms with Crippen LogP contribution in [0.15, 0.2) is 30.3 Å². The van der Waals surface area contributed by atoms with Gasteiger partial charge in [-0.3, -0.25) is 0 Å². The number of quaternary nitrogens is 1. The molecule has 1 saturated heterocycles. The quantitative estimate of drug-likeness (QED) is 0.769. The van der Waals surface area contributed by atoms with Crippen molar-refractivity contribution in [1.82, 2.24) is 0 Å². The summed E-state index contributed by atoms with van der Waals surface area (Å²) in [5, 5.41) is 0. The molecule has 0 spiro atoms. The predicted molar refractivity (Wildman–Crippen MR) is 84.1 cm³/mol. The zero-order valence-electron chi connectivity index (χ0n) is 13.1. The molecule has 1 aromatic carbocycles. The van der Waals surface area contributed by atoms with Crippen molar-refractivity contribution in [3.63, 3.8) is 0 Å². The summed E-state index contributed by atoms with van der Waals surface area (Å²) in [6.07, 6.45) is 5.45. The van der Waals surface area contributed by atoms with Gasteiger partial charge in [0.15, 0.2) is 0 Å². The van der Waals surface area contributed by atoms with Crippen LogP contribution in [0.25, 0.3) is 0 Å². The molecular formula is C18H30NO+. The Bertz CT molecular complexity index is 355. The van der Waals surface area contributed by atoms with Gasteiger partial charge in [0, 0.05) is 13.0 Å². The molecular weight excluding hydrogens is 246 g/mol. The van der Waals surface area contributed by atoms with Crippen LogP contribution >= 0.6 is 0 Å². The first kappa shape index (κ1) is 15.5. The molecule has 0 bridgehead atoms. The van der Waals surface area contributed by atoms with Crippen molar-refractivity contribution >= 4 is 0 Å². The third-order valence-corrected chi connectivity index (χ3v) is 4.70. The van der Waals surface area contributed by atoms with Gasteiger partial charge in [-0.2, -0.15) is 0 Å². The number of benzene rings is 1. The lowest BCUT2D eigenvalue weighted by molar-refractivity contribution is -0.897. The Morgan fingerprint density at radius 3 is 2.55 bits per heavy atom. The van der Waals surface area contributed by atoms with Gasteiger partial charge in [0.1, 0.15) is 0 Å². The second-order valence-corrected chi connectivity index (χ2v) is 6.00. The molecule has 2 nitrogen and oxygen atoms in total. The van der Waals surface area contributed by atoms with Crippen molar-refractivity contribution < 1.29 is 9.64 Å². The molecule has 0 aromatic heterocycles. The smallest absolute Gasteiger partial charge is 0.0774 e. The highest BCUT2D eigenvalue weighted by Gasteiger charge is 2.26. The zero-order valence-corrected chi connectivity index (χ0v) is 13.1. The normalized spacial score (nSPS) is 20.4. The number of rotatable bonds is 8. The first-order valence-electron chi connectivity index (χ1n) is 8.32. The SMILES string of the molecule is CC[NH+](CC)CC[C@@H](Cc1ccccc1)[C@@H]1CCCO1. The van der Waals surface area contributed by atoms with E-state index in [1.807, 2.05) is 0 Å². The molecule has 1 heterocycles. The fourth-order valence-corrected chi connectivity index (χ4v) is 3.30. The monoisotopic (exact) mass is 276 g/mol. The molecule has 1 aromatic rings. The minimum atomic E-state index is 0.491. The fourth-order valence-electron chi connectivity index (χ4n) is 3.30. The maximum atomic E-state index is 5.98. The molecule has 0 aliphatic carbocycles. The lowest BCUT2D eigenvalue weighted by Crippen LogP contribution is -3.11. The summed E-state index contributed by atoms with van der Waals surface area (Å²) in [4.78, 5) is 1.71. The lowest BCUT2D eigenvalue weighted by atomic mass is 9.89. The van der Waals surface area contributed by atoms with Crippen molar-refractivity contribution in [2.75, 3.05) is 26.2 Å². The van der Waals surface area contributed by atoms with E-state index in [-0.39, 0.29) is 0 Å². The minimum absolute atomic E-state index is 0.491. The molecule has 0 saturated carbocycles. The second-order valence-electron chi connectivity index (χ2n) is 6.00. The molecule has 2 heteroatoms. The van der Waals surface area contributed by atoms with E-state index in [0.717, 1.165) is 6.61 Å². The van der Waals surface area contributed by atoms with Crippen LogP contribution in [0.1, 0.15) is 38.7 Å². The van der Waals surface area contributed by atoms with Crippen LogP contribution < -0.4 is 4.90 Å². The van der Waals surface area contributed by atoms with Crippen LogP contribution in [0.4, 0.5) is 0 Å². The Labute approximate surface area is 124 Å². The Balaban J connectivity index is 1.93. The van der Waals surface area contributed by atoms with Crippen LogP contribution in [0.2, 0.25) is 0 Å². The average Bonchev–Trinajstić information content (AvgIpc) is 3.02. The van der Waals surface area contributed by atoms with E-state index in [0.29, 0.717) is 12.0 Å². The highest BCUT2D eigenvalue weighted by molar-refractivity contribution is 5.15. The molecule has 1 aliphatic heterocycles.